The quantitative estimate of drug-likeness (QED) is 0.725. The molecular weight excluding hydrogens is 287 g/mol. The fraction of sp³-hybridized carbons (Fsp3) is 0.200. The van der Waals surface area contributed by atoms with E-state index in [9.17, 15) is 13.4 Å². The lowest BCUT2D eigenvalue weighted by Crippen LogP contribution is -2.37. The summed E-state index contributed by atoms with van der Waals surface area (Å²) in [4.78, 5) is 0.319. The molecule has 6 heteroatoms. The third kappa shape index (κ3) is 1.87. The summed E-state index contributed by atoms with van der Waals surface area (Å²) in [6.07, 6.45) is 0.439. The Hall–Kier alpha value is -1.63. The minimum Gasteiger partial charge on any atom is -0.423 e. The molecule has 1 spiro atoms. The van der Waals surface area contributed by atoms with Crippen LogP contribution in [0.15, 0.2) is 53.4 Å². The second kappa shape index (κ2) is 4.19. The highest BCUT2D eigenvalue weighted by atomic mass is 32.2. The van der Waals surface area contributed by atoms with Gasteiger partial charge in [0.2, 0.25) is 0 Å². The van der Waals surface area contributed by atoms with Crippen LogP contribution in [0.1, 0.15) is 11.1 Å². The minimum absolute atomic E-state index is 0.151. The molecule has 1 unspecified atom stereocenters. The molecule has 4 rings (SSSR count). The first-order valence-electron chi connectivity index (χ1n) is 6.77. The van der Waals surface area contributed by atoms with Gasteiger partial charge < -0.3 is 9.68 Å². The van der Waals surface area contributed by atoms with E-state index in [2.05, 4.69) is 0 Å². The summed E-state index contributed by atoms with van der Waals surface area (Å²) < 4.78 is 30.9. The van der Waals surface area contributed by atoms with Gasteiger partial charge in [-0.25, -0.2) is 8.42 Å². The van der Waals surface area contributed by atoms with Gasteiger partial charge >= 0.3 is 7.12 Å². The number of hydrogen-bond donors (Lipinski definition) is 1. The molecule has 2 aliphatic heterocycles. The van der Waals surface area contributed by atoms with Gasteiger partial charge in [-0.15, -0.1) is 0 Å². The van der Waals surface area contributed by atoms with Crippen molar-refractivity contribution in [1.82, 2.24) is 0 Å². The van der Waals surface area contributed by atoms with Gasteiger partial charge in [-0.1, -0.05) is 36.4 Å². The summed E-state index contributed by atoms with van der Waals surface area (Å²) in [7, 11) is -4.53. The Balaban J connectivity index is 1.95. The molecule has 0 aliphatic carbocycles. The van der Waals surface area contributed by atoms with Crippen molar-refractivity contribution < 1.29 is 18.1 Å². The summed E-state index contributed by atoms with van der Waals surface area (Å²) in [5, 5.41) is 10.1. The topological polar surface area (TPSA) is 63.6 Å². The molecule has 21 heavy (non-hydrogen) atoms. The molecular formula is C15H13BO4S. The average molecular weight is 300 g/mol. The smallest absolute Gasteiger partial charge is 0.423 e. The summed E-state index contributed by atoms with van der Waals surface area (Å²) in [5.41, 5.74) is 1.31. The summed E-state index contributed by atoms with van der Waals surface area (Å²) >= 11 is 0. The largest absolute Gasteiger partial charge is 0.492 e. The average Bonchev–Trinajstić information content (AvgIpc) is 2.68. The van der Waals surface area contributed by atoms with Crippen LogP contribution in [0.2, 0.25) is 0 Å². The first-order valence-corrected chi connectivity index (χ1v) is 8.42. The molecule has 0 aromatic heterocycles. The first kappa shape index (κ1) is 13.1. The zero-order valence-corrected chi connectivity index (χ0v) is 12.0. The zero-order chi connectivity index (χ0) is 14.7. The van der Waals surface area contributed by atoms with Crippen molar-refractivity contribution >= 4 is 22.4 Å². The van der Waals surface area contributed by atoms with Crippen LogP contribution in [0.4, 0.5) is 0 Å². The van der Waals surface area contributed by atoms with Crippen LogP contribution in [-0.2, 0) is 26.5 Å². The molecule has 2 aliphatic rings. The third-order valence-corrected chi connectivity index (χ3v) is 6.04. The molecule has 0 saturated heterocycles. The lowest BCUT2D eigenvalue weighted by atomic mass is 9.77. The molecule has 2 heterocycles. The maximum atomic E-state index is 12.6. The first-order chi connectivity index (χ1) is 10.0. The molecule has 0 amide bonds. The predicted octanol–water partition coefficient (Wildman–Crippen LogP) is 0.630. The van der Waals surface area contributed by atoms with E-state index in [-0.39, 0.29) is 5.75 Å². The number of fused-ring (bicyclic) bond motifs is 4. The Bertz CT molecular complexity index is 833. The predicted molar refractivity (Wildman–Crippen MR) is 79.0 cm³/mol. The van der Waals surface area contributed by atoms with E-state index in [1.54, 1.807) is 24.3 Å². The minimum atomic E-state index is -3.45. The van der Waals surface area contributed by atoms with E-state index in [1.165, 1.54) is 0 Å². The van der Waals surface area contributed by atoms with Gasteiger partial charge in [-0.3, -0.25) is 0 Å². The van der Waals surface area contributed by atoms with Crippen molar-refractivity contribution in [3.05, 3.63) is 59.7 Å². The van der Waals surface area contributed by atoms with Gasteiger partial charge in [-0.2, -0.15) is 0 Å². The van der Waals surface area contributed by atoms with Crippen LogP contribution < -0.4 is 5.46 Å². The molecule has 0 fully saturated rings. The van der Waals surface area contributed by atoms with E-state index >= 15 is 0 Å². The second-order valence-corrected chi connectivity index (χ2v) is 7.62. The van der Waals surface area contributed by atoms with Crippen LogP contribution in [-0.4, -0.2) is 26.3 Å². The van der Waals surface area contributed by atoms with E-state index < -0.39 is 22.6 Å². The van der Waals surface area contributed by atoms with Crippen LogP contribution in [0, 0.1) is 0 Å². The molecule has 4 nitrogen and oxygen atoms in total. The van der Waals surface area contributed by atoms with Crippen LogP contribution in [0.25, 0.3) is 0 Å². The molecule has 0 saturated carbocycles. The SMILES string of the molecule is O=S1(=O)CC2(Cc3cccc1c3)OB(O)c1ccccc12. The third-order valence-electron chi connectivity index (χ3n) is 4.23. The highest BCUT2D eigenvalue weighted by molar-refractivity contribution is 7.91. The van der Waals surface area contributed by atoms with Crippen molar-refractivity contribution in [3.8, 4) is 0 Å². The fourth-order valence-electron chi connectivity index (χ4n) is 3.34. The molecule has 2 aromatic rings. The summed E-state index contributed by atoms with van der Waals surface area (Å²) in [6.45, 7) is 0. The highest BCUT2D eigenvalue weighted by Crippen LogP contribution is 2.39. The van der Waals surface area contributed by atoms with E-state index in [4.69, 9.17) is 4.65 Å². The zero-order valence-electron chi connectivity index (χ0n) is 11.2. The Morgan fingerprint density at radius 3 is 2.81 bits per heavy atom. The van der Waals surface area contributed by atoms with Crippen molar-refractivity contribution in [3.63, 3.8) is 0 Å². The van der Waals surface area contributed by atoms with E-state index in [1.807, 2.05) is 24.3 Å². The summed E-state index contributed by atoms with van der Waals surface area (Å²) in [6, 6.07) is 14.2. The van der Waals surface area contributed by atoms with Gasteiger partial charge in [0, 0.05) is 6.42 Å². The number of sulfone groups is 1. The van der Waals surface area contributed by atoms with Gasteiger partial charge in [0.05, 0.1) is 16.2 Å². The number of rotatable bonds is 0. The Morgan fingerprint density at radius 1 is 1.14 bits per heavy atom. The number of benzene rings is 2. The van der Waals surface area contributed by atoms with Gasteiger partial charge in [0.15, 0.2) is 9.84 Å². The molecule has 2 bridgehead atoms. The number of hydrogen-bond acceptors (Lipinski definition) is 4. The van der Waals surface area contributed by atoms with Crippen molar-refractivity contribution in [2.24, 2.45) is 0 Å². The monoisotopic (exact) mass is 300 g/mol. The van der Waals surface area contributed by atoms with E-state index in [0.717, 1.165) is 11.1 Å². The molecule has 2 aromatic carbocycles. The highest BCUT2D eigenvalue weighted by Gasteiger charge is 2.50. The normalized spacial score (nSPS) is 25.7. The van der Waals surface area contributed by atoms with Crippen molar-refractivity contribution in [1.29, 1.82) is 0 Å². The maximum absolute atomic E-state index is 12.6. The fourth-order valence-corrected chi connectivity index (χ4v) is 5.06. The van der Waals surface area contributed by atoms with Gasteiger partial charge in [-0.05, 0) is 28.7 Å². The lowest BCUT2D eigenvalue weighted by Gasteiger charge is -2.29. The van der Waals surface area contributed by atoms with Crippen LogP contribution in [0.5, 0.6) is 0 Å². The molecule has 106 valence electrons. The van der Waals surface area contributed by atoms with Crippen molar-refractivity contribution in [2.45, 2.75) is 16.9 Å². The van der Waals surface area contributed by atoms with Gasteiger partial charge in [0.25, 0.3) is 0 Å². The van der Waals surface area contributed by atoms with E-state index in [0.29, 0.717) is 16.8 Å². The standard InChI is InChI=1S/C15H13BO4S/c17-16-14-7-2-1-6-13(14)15(20-16)9-11-4-3-5-12(8-11)21(18,19)10-15/h1-8,17H,9-10H2. The Morgan fingerprint density at radius 2 is 1.95 bits per heavy atom. The Kier molecular flexibility index (Phi) is 2.61. The molecule has 0 radical (unpaired) electrons. The van der Waals surface area contributed by atoms with Gasteiger partial charge in [0.1, 0.15) is 0 Å². The second-order valence-electron chi connectivity index (χ2n) is 5.64. The van der Waals surface area contributed by atoms with Crippen molar-refractivity contribution in [2.75, 3.05) is 5.75 Å². The maximum Gasteiger partial charge on any atom is 0.492 e. The molecule has 1 N–H and O–H groups in total. The summed E-state index contributed by atoms with van der Waals surface area (Å²) in [5.74, 6) is -0.151. The molecule has 1 atom stereocenters. The lowest BCUT2D eigenvalue weighted by molar-refractivity contribution is 0.0843. The van der Waals surface area contributed by atoms with Crippen LogP contribution in [0.3, 0.4) is 0 Å². The Labute approximate surface area is 123 Å². The van der Waals surface area contributed by atoms with Crippen LogP contribution >= 0.6 is 0 Å².